The van der Waals surface area contributed by atoms with Gasteiger partial charge in [-0.25, -0.2) is 9.97 Å². The molecule has 2 aromatic rings. The molecule has 0 atom stereocenters. The highest BCUT2D eigenvalue weighted by Crippen LogP contribution is 2.39. The molecule has 0 unspecified atom stereocenters. The van der Waals surface area contributed by atoms with Crippen molar-refractivity contribution >= 4 is 17.9 Å². The maximum atomic E-state index is 10.9. The van der Waals surface area contributed by atoms with Crippen LogP contribution in [0.25, 0.3) is 0 Å². The van der Waals surface area contributed by atoms with Crippen LogP contribution in [-0.4, -0.2) is 16.3 Å². The van der Waals surface area contributed by atoms with Gasteiger partial charge in [0.05, 0.1) is 0 Å². The molecule has 3 rings (SSSR count). The van der Waals surface area contributed by atoms with Crippen molar-refractivity contribution < 1.29 is 4.79 Å². The van der Waals surface area contributed by atoms with Crippen molar-refractivity contribution in [1.82, 2.24) is 9.97 Å². The van der Waals surface area contributed by atoms with Crippen molar-refractivity contribution in [2.24, 2.45) is 0 Å². The lowest BCUT2D eigenvalue weighted by Gasteiger charge is -2.07. The van der Waals surface area contributed by atoms with E-state index in [1.165, 1.54) is 0 Å². The molecule has 18 heavy (non-hydrogen) atoms. The first-order valence-electron chi connectivity index (χ1n) is 6.01. The van der Waals surface area contributed by atoms with Crippen LogP contribution in [0.4, 0.5) is 11.6 Å². The van der Waals surface area contributed by atoms with Gasteiger partial charge in [-0.2, -0.15) is 0 Å². The van der Waals surface area contributed by atoms with Crippen LogP contribution in [0.15, 0.2) is 36.4 Å². The van der Waals surface area contributed by atoms with Crippen LogP contribution >= 0.6 is 0 Å². The average Bonchev–Trinajstić information content (AvgIpc) is 3.24. The largest absolute Gasteiger partial charge is 0.324 e. The van der Waals surface area contributed by atoms with Crippen LogP contribution in [0.1, 0.15) is 34.9 Å². The van der Waals surface area contributed by atoms with E-state index < -0.39 is 0 Å². The quantitative estimate of drug-likeness (QED) is 0.833. The molecule has 4 heteroatoms. The van der Waals surface area contributed by atoms with Gasteiger partial charge in [-0.1, -0.05) is 18.2 Å². The molecule has 0 radical (unpaired) electrons. The highest BCUT2D eigenvalue weighted by atomic mass is 16.1. The molecule has 0 amide bonds. The molecular weight excluding hydrogens is 226 g/mol. The molecule has 1 N–H and O–H groups in total. The van der Waals surface area contributed by atoms with Gasteiger partial charge in [0.25, 0.3) is 0 Å². The summed E-state index contributed by atoms with van der Waals surface area (Å²) in [5, 5.41) is 3.12. The lowest BCUT2D eigenvalue weighted by molar-refractivity contribution is 0.111. The number of benzene rings is 1. The van der Waals surface area contributed by atoms with Crippen LogP contribution in [0.3, 0.4) is 0 Å². The van der Waals surface area contributed by atoms with E-state index in [4.69, 9.17) is 0 Å². The van der Waals surface area contributed by atoms with Crippen LogP contribution in [0, 0.1) is 0 Å². The fraction of sp³-hybridized carbons (Fsp3) is 0.214. The molecule has 0 bridgehead atoms. The summed E-state index contributed by atoms with van der Waals surface area (Å²) in [6.45, 7) is 0. The molecule has 0 spiro atoms. The minimum absolute atomic E-state index is 0.435. The molecule has 1 heterocycles. The summed E-state index contributed by atoms with van der Waals surface area (Å²) in [6, 6.07) is 11.5. The number of aldehydes is 1. The second-order valence-electron chi connectivity index (χ2n) is 4.42. The predicted octanol–water partition coefficient (Wildman–Crippen LogP) is 2.91. The second kappa shape index (κ2) is 4.56. The van der Waals surface area contributed by atoms with Crippen molar-refractivity contribution in [2.75, 3.05) is 5.32 Å². The fourth-order valence-corrected chi connectivity index (χ4v) is 1.84. The molecule has 1 fully saturated rings. The molecule has 4 nitrogen and oxygen atoms in total. The average molecular weight is 239 g/mol. The van der Waals surface area contributed by atoms with Gasteiger partial charge in [0, 0.05) is 17.3 Å². The highest BCUT2D eigenvalue weighted by Gasteiger charge is 2.26. The lowest BCUT2D eigenvalue weighted by atomic mass is 10.2. The van der Waals surface area contributed by atoms with Gasteiger partial charge in [0.15, 0.2) is 6.29 Å². The van der Waals surface area contributed by atoms with Crippen LogP contribution in [-0.2, 0) is 0 Å². The topological polar surface area (TPSA) is 54.9 Å². The maximum Gasteiger partial charge on any atom is 0.228 e. The Bertz CT molecular complexity index is 565. The zero-order valence-electron chi connectivity index (χ0n) is 9.84. The monoisotopic (exact) mass is 239 g/mol. The van der Waals surface area contributed by atoms with Gasteiger partial charge >= 0.3 is 0 Å². The molecule has 1 saturated carbocycles. The lowest BCUT2D eigenvalue weighted by Crippen LogP contribution is -2.02. The smallest absolute Gasteiger partial charge is 0.228 e. The van der Waals surface area contributed by atoms with E-state index in [2.05, 4.69) is 15.3 Å². The number of aromatic nitrogens is 2. The molecule has 0 saturated heterocycles. The van der Waals surface area contributed by atoms with Crippen LogP contribution in [0.2, 0.25) is 0 Å². The number of rotatable bonds is 4. The van der Waals surface area contributed by atoms with E-state index in [0.717, 1.165) is 30.5 Å². The summed E-state index contributed by atoms with van der Waals surface area (Å²) < 4.78 is 0. The van der Waals surface area contributed by atoms with Gasteiger partial charge in [0.1, 0.15) is 5.69 Å². The van der Waals surface area contributed by atoms with E-state index in [9.17, 15) is 4.79 Å². The summed E-state index contributed by atoms with van der Waals surface area (Å²) in [7, 11) is 0. The Morgan fingerprint density at radius 2 is 1.94 bits per heavy atom. The fourth-order valence-electron chi connectivity index (χ4n) is 1.84. The van der Waals surface area contributed by atoms with E-state index in [0.29, 0.717) is 17.6 Å². The summed E-state index contributed by atoms with van der Waals surface area (Å²) >= 11 is 0. The number of carbonyl (C=O) groups excluding carboxylic acids is 1. The minimum atomic E-state index is 0.435. The summed E-state index contributed by atoms with van der Waals surface area (Å²) in [6.07, 6.45) is 3.07. The Kier molecular flexibility index (Phi) is 2.76. The Morgan fingerprint density at radius 3 is 2.61 bits per heavy atom. The number of nitrogens with one attached hydrogen (secondary N) is 1. The van der Waals surface area contributed by atoms with Gasteiger partial charge < -0.3 is 5.32 Å². The molecule has 1 aliphatic rings. The number of hydrogen-bond donors (Lipinski definition) is 1. The molecule has 0 aliphatic heterocycles. The van der Waals surface area contributed by atoms with Gasteiger partial charge in [-0.15, -0.1) is 0 Å². The third-order valence-electron chi connectivity index (χ3n) is 2.91. The normalized spacial score (nSPS) is 14.2. The van der Waals surface area contributed by atoms with Crippen LogP contribution < -0.4 is 5.32 Å². The minimum Gasteiger partial charge on any atom is -0.324 e. The van der Waals surface area contributed by atoms with E-state index >= 15 is 0 Å². The summed E-state index contributed by atoms with van der Waals surface area (Å²) in [5.41, 5.74) is 2.32. The van der Waals surface area contributed by atoms with Crippen molar-refractivity contribution in [3.05, 3.63) is 47.8 Å². The molecular formula is C14H13N3O. The second-order valence-corrected chi connectivity index (χ2v) is 4.42. The van der Waals surface area contributed by atoms with Crippen molar-refractivity contribution in [1.29, 1.82) is 0 Å². The van der Waals surface area contributed by atoms with Crippen LogP contribution in [0.5, 0.6) is 0 Å². The summed E-state index contributed by atoms with van der Waals surface area (Å²) in [5.74, 6) is 0.996. The van der Waals surface area contributed by atoms with E-state index in [1.54, 1.807) is 6.07 Å². The Morgan fingerprint density at radius 1 is 1.17 bits per heavy atom. The zero-order valence-corrected chi connectivity index (χ0v) is 9.84. The van der Waals surface area contributed by atoms with Gasteiger partial charge in [-0.05, 0) is 31.0 Å². The SMILES string of the molecule is O=Cc1cc(C2CC2)nc(Nc2ccccc2)n1. The van der Waals surface area contributed by atoms with Crippen molar-refractivity contribution in [3.8, 4) is 0 Å². The Labute approximate surface area is 105 Å². The standard InChI is InChI=1S/C14H13N3O/c18-9-12-8-13(10-6-7-10)17-14(16-12)15-11-4-2-1-3-5-11/h1-5,8-10H,6-7H2,(H,15,16,17). The molecule has 90 valence electrons. The third kappa shape index (κ3) is 2.37. The molecule has 1 aliphatic carbocycles. The number of carbonyl (C=O) groups is 1. The number of para-hydroxylation sites is 1. The first-order chi connectivity index (χ1) is 8.85. The first kappa shape index (κ1) is 10.9. The Balaban J connectivity index is 1.91. The Hall–Kier alpha value is -2.23. The number of anilines is 2. The zero-order chi connectivity index (χ0) is 12.4. The van der Waals surface area contributed by atoms with Crippen molar-refractivity contribution in [2.45, 2.75) is 18.8 Å². The highest BCUT2D eigenvalue weighted by molar-refractivity contribution is 5.73. The molecule has 1 aromatic carbocycles. The van der Waals surface area contributed by atoms with Gasteiger partial charge in [0.2, 0.25) is 5.95 Å². The van der Waals surface area contributed by atoms with Gasteiger partial charge in [-0.3, -0.25) is 4.79 Å². The predicted molar refractivity (Wildman–Crippen MR) is 69.1 cm³/mol. The summed E-state index contributed by atoms with van der Waals surface area (Å²) in [4.78, 5) is 19.5. The van der Waals surface area contributed by atoms with Crippen molar-refractivity contribution in [3.63, 3.8) is 0 Å². The number of hydrogen-bond acceptors (Lipinski definition) is 4. The third-order valence-corrected chi connectivity index (χ3v) is 2.91. The molecule has 1 aromatic heterocycles. The maximum absolute atomic E-state index is 10.9. The first-order valence-corrected chi connectivity index (χ1v) is 6.01. The van der Waals surface area contributed by atoms with E-state index in [1.807, 2.05) is 30.3 Å². The number of nitrogens with zero attached hydrogens (tertiary/aromatic N) is 2. The van der Waals surface area contributed by atoms with E-state index in [-0.39, 0.29) is 0 Å².